The van der Waals surface area contributed by atoms with Gasteiger partial charge in [0.05, 0.1) is 13.2 Å². The maximum atomic E-state index is 13.2. The fourth-order valence-electron chi connectivity index (χ4n) is 4.34. The number of morpholine rings is 1. The number of fused-ring (bicyclic) bond motifs is 1. The van der Waals surface area contributed by atoms with Crippen LogP contribution in [0.2, 0.25) is 0 Å². The smallest absolute Gasteiger partial charge is 0.262 e. The SMILES string of the molecule is O=C(NCC(c1ccccc1)c1c[nH]c2ccccc12)c1sccc1S(=O)(=O)N1CCOCC1. The Labute approximate surface area is 202 Å². The highest BCUT2D eigenvalue weighted by atomic mass is 32.2. The maximum Gasteiger partial charge on any atom is 0.262 e. The van der Waals surface area contributed by atoms with Crippen LogP contribution in [-0.4, -0.2) is 56.5 Å². The van der Waals surface area contributed by atoms with Crippen LogP contribution in [0.25, 0.3) is 10.9 Å². The number of carbonyl (C=O) groups is 1. The summed E-state index contributed by atoms with van der Waals surface area (Å²) in [5.41, 5.74) is 3.18. The van der Waals surface area contributed by atoms with E-state index in [1.165, 1.54) is 10.4 Å². The van der Waals surface area contributed by atoms with Gasteiger partial charge < -0.3 is 15.0 Å². The van der Waals surface area contributed by atoms with Crippen LogP contribution in [0.1, 0.15) is 26.7 Å². The predicted molar refractivity (Wildman–Crippen MR) is 133 cm³/mol. The number of sulfonamides is 1. The van der Waals surface area contributed by atoms with Gasteiger partial charge in [-0.05, 0) is 28.6 Å². The number of aromatic amines is 1. The van der Waals surface area contributed by atoms with Gasteiger partial charge in [-0.25, -0.2) is 8.42 Å². The van der Waals surface area contributed by atoms with E-state index < -0.39 is 10.0 Å². The molecule has 34 heavy (non-hydrogen) atoms. The fourth-order valence-corrected chi connectivity index (χ4v) is 7.07. The van der Waals surface area contributed by atoms with E-state index in [4.69, 9.17) is 4.74 Å². The van der Waals surface area contributed by atoms with Gasteiger partial charge in [0.2, 0.25) is 10.0 Å². The number of nitrogens with zero attached hydrogens (tertiary/aromatic N) is 1. The number of thiophene rings is 1. The van der Waals surface area contributed by atoms with Crippen LogP contribution >= 0.6 is 11.3 Å². The Morgan fingerprint density at radius 1 is 1.06 bits per heavy atom. The zero-order chi connectivity index (χ0) is 23.5. The van der Waals surface area contributed by atoms with Crippen LogP contribution in [0.3, 0.4) is 0 Å². The number of para-hydroxylation sites is 1. The second-order valence-electron chi connectivity index (χ2n) is 8.09. The number of nitrogens with one attached hydrogen (secondary N) is 2. The third-order valence-corrected chi connectivity index (χ3v) is 9.07. The van der Waals surface area contributed by atoms with Crippen molar-refractivity contribution >= 4 is 38.2 Å². The lowest BCUT2D eigenvalue weighted by Crippen LogP contribution is -2.41. The van der Waals surface area contributed by atoms with E-state index in [0.717, 1.165) is 33.4 Å². The van der Waals surface area contributed by atoms with Crippen LogP contribution in [-0.2, 0) is 14.8 Å². The van der Waals surface area contributed by atoms with Crippen molar-refractivity contribution in [3.05, 3.63) is 88.2 Å². The normalized spacial score (nSPS) is 15.9. The third-order valence-electron chi connectivity index (χ3n) is 6.09. The van der Waals surface area contributed by atoms with Gasteiger partial charge in [0.15, 0.2) is 0 Å². The van der Waals surface area contributed by atoms with Gasteiger partial charge in [-0.15, -0.1) is 11.3 Å². The fraction of sp³-hybridized carbons (Fsp3) is 0.240. The predicted octanol–water partition coefficient (Wildman–Crippen LogP) is 3.81. The quantitative estimate of drug-likeness (QED) is 0.408. The molecule has 2 aromatic carbocycles. The number of amides is 1. The number of rotatable bonds is 7. The molecule has 0 bridgehead atoms. The number of H-pyrrole nitrogens is 1. The van der Waals surface area contributed by atoms with Crippen molar-refractivity contribution in [2.45, 2.75) is 10.8 Å². The average molecular weight is 496 g/mol. The first-order valence-corrected chi connectivity index (χ1v) is 13.4. The lowest BCUT2D eigenvalue weighted by Gasteiger charge is -2.26. The first-order valence-electron chi connectivity index (χ1n) is 11.1. The van der Waals surface area contributed by atoms with Gasteiger partial charge in [-0.1, -0.05) is 48.5 Å². The molecule has 1 unspecified atom stereocenters. The van der Waals surface area contributed by atoms with Crippen molar-refractivity contribution in [3.63, 3.8) is 0 Å². The highest BCUT2D eigenvalue weighted by molar-refractivity contribution is 7.89. The number of hydrogen-bond donors (Lipinski definition) is 2. The second kappa shape index (κ2) is 9.71. The Bertz CT molecular complexity index is 1390. The summed E-state index contributed by atoms with van der Waals surface area (Å²) in [6, 6.07) is 19.6. The minimum atomic E-state index is -3.76. The summed E-state index contributed by atoms with van der Waals surface area (Å²) in [7, 11) is -3.76. The van der Waals surface area contributed by atoms with Crippen LogP contribution in [0.5, 0.6) is 0 Å². The molecule has 1 atom stereocenters. The maximum absolute atomic E-state index is 13.2. The molecule has 2 N–H and O–H groups in total. The zero-order valence-corrected chi connectivity index (χ0v) is 20.1. The Hall–Kier alpha value is -2.98. The summed E-state index contributed by atoms with van der Waals surface area (Å²) in [5, 5.41) is 5.75. The van der Waals surface area contributed by atoms with Crippen molar-refractivity contribution in [2.75, 3.05) is 32.8 Å². The standard InChI is InChI=1S/C25H25N3O4S2/c29-25(24-23(10-15-33-24)34(30,31)28-11-13-32-14-12-28)27-16-20(18-6-2-1-3-7-18)21-17-26-22-9-5-4-8-19(21)22/h1-10,15,17,20,26H,11-14,16H2,(H,27,29). The van der Waals surface area contributed by atoms with E-state index in [1.807, 2.05) is 54.7 Å². The Morgan fingerprint density at radius 2 is 1.79 bits per heavy atom. The first kappa shape index (κ1) is 22.8. The molecule has 2 aromatic heterocycles. The molecule has 176 valence electrons. The monoisotopic (exact) mass is 495 g/mol. The highest BCUT2D eigenvalue weighted by Crippen LogP contribution is 2.31. The third kappa shape index (κ3) is 4.39. The van der Waals surface area contributed by atoms with Crippen LogP contribution in [0, 0.1) is 0 Å². The van der Waals surface area contributed by atoms with Crippen LogP contribution < -0.4 is 5.32 Å². The Morgan fingerprint density at radius 3 is 2.59 bits per heavy atom. The van der Waals surface area contributed by atoms with E-state index in [2.05, 4.69) is 16.4 Å². The number of hydrogen-bond acceptors (Lipinski definition) is 5. The molecule has 3 heterocycles. The number of carbonyl (C=O) groups excluding carboxylic acids is 1. The first-order chi connectivity index (χ1) is 16.6. The van der Waals surface area contributed by atoms with Gasteiger partial charge in [-0.3, -0.25) is 4.79 Å². The highest BCUT2D eigenvalue weighted by Gasteiger charge is 2.31. The molecule has 5 rings (SSSR count). The molecule has 7 nitrogen and oxygen atoms in total. The molecule has 9 heteroatoms. The molecule has 0 aliphatic carbocycles. The van der Waals surface area contributed by atoms with Gasteiger partial charge >= 0.3 is 0 Å². The molecular weight excluding hydrogens is 470 g/mol. The number of benzene rings is 2. The number of aromatic nitrogens is 1. The van der Waals surface area contributed by atoms with E-state index in [9.17, 15) is 13.2 Å². The van der Waals surface area contributed by atoms with Crippen LogP contribution in [0.4, 0.5) is 0 Å². The molecule has 4 aromatic rings. The molecule has 1 fully saturated rings. The van der Waals surface area contributed by atoms with Crippen molar-refractivity contribution in [1.29, 1.82) is 0 Å². The van der Waals surface area contributed by atoms with Crippen molar-refractivity contribution in [2.24, 2.45) is 0 Å². The average Bonchev–Trinajstić information content (AvgIpc) is 3.54. The Kier molecular flexibility index (Phi) is 6.51. The molecule has 1 aliphatic rings. The topological polar surface area (TPSA) is 91.5 Å². The molecule has 0 radical (unpaired) electrons. The summed E-state index contributed by atoms with van der Waals surface area (Å²) in [5.74, 6) is -0.483. The van der Waals surface area contributed by atoms with E-state index in [1.54, 1.807) is 5.38 Å². The lowest BCUT2D eigenvalue weighted by atomic mass is 9.91. The summed E-state index contributed by atoms with van der Waals surface area (Å²) < 4.78 is 33.0. The molecule has 1 aliphatic heterocycles. The van der Waals surface area contributed by atoms with Gasteiger partial charge in [-0.2, -0.15) is 4.31 Å². The molecular formula is C25H25N3O4S2. The Balaban J connectivity index is 1.41. The summed E-state index contributed by atoms with van der Waals surface area (Å²) in [6.07, 6.45) is 1.98. The van der Waals surface area contributed by atoms with Crippen molar-refractivity contribution in [3.8, 4) is 0 Å². The minimum absolute atomic E-state index is 0.0558. The largest absolute Gasteiger partial charge is 0.379 e. The summed E-state index contributed by atoms with van der Waals surface area (Å²) in [4.78, 5) is 16.8. The molecule has 1 saturated heterocycles. The number of ether oxygens (including phenoxy) is 1. The van der Waals surface area contributed by atoms with E-state index >= 15 is 0 Å². The molecule has 0 saturated carbocycles. The summed E-state index contributed by atoms with van der Waals surface area (Å²) in [6.45, 7) is 1.62. The van der Waals surface area contributed by atoms with Gasteiger partial charge in [0.25, 0.3) is 5.91 Å². The van der Waals surface area contributed by atoms with Gasteiger partial charge in [0.1, 0.15) is 9.77 Å². The second-order valence-corrected chi connectivity index (χ2v) is 10.9. The lowest BCUT2D eigenvalue weighted by molar-refractivity contribution is 0.0730. The van der Waals surface area contributed by atoms with Gasteiger partial charge in [0, 0.05) is 42.7 Å². The molecule has 1 amide bonds. The zero-order valence-electron chi connectivity index (χ0n) is 18.4. The summed E-state index contributed by atoms with van der Waals surface area (Å²) >= 11 is 1.14. The van der Waals surface area contributed by atoms with E-state index in [-0.39, 0.29) is 34.7 Å². The van der Waals surface area contributed by atoms with Crippen molar-refractivity contribution in [1.82, 2.24) is 14.6 Å². The van der Waals surface area contributed by atoms with E-state index in [0.29, 0.717) is 19.8 Å². The van der Waals surface area contributed by atoms with Crippen LogP contribution in [0.15, 0.2) is 77.1 Å². The van der Waals surface area contributed by atoms with Crippen molar-refractivity contribution < 1.29 is 17.9 Å². The minimum Gasteiger partial charge on any atom is -0.379 e. The molecule has 0 spiro atoms.